The van der Waals surface area contributed by atoms with Gasteiger partial charge in [0.25, 0.3) is 0 Å². The zero-order chi connectivity index (χ0) is 17.0. The predicted molar refractivity (Wildman–Crippen MR) is 93.3 cm³/mol. The van der Waals surface area contributed by atoms with Gasteiger partial charge in [-0.05, 0) is 36.5 Å². The fourth-order valence-corrected chi connectivity index (χ4v) is 4.27. The summed E-state index contributed by atoms with van der Waals surface area (Å²) in [6.45, 7) is 2.03. The lowest BCUT2D eigenvalue weighted by atomic mass is 9.96. The molecular formula is C19H22N4O2. The van der Waals surface area contributed by atoms with Gasteiger partial charge in [0.2, 0.25) is 0 Å². The SMILES string of the molecule is O=C(O)N1CCc2c3c(nn2-c2ccc(C4CC4)cc2)CCNCC31. The highest BCUT2D eigenvalue weighted by molar-refractivity contribution is 5.67. The number of carboxylic acid groups (broad SMARTS) is 1. The summed E-state index contributed by atoms with van der Waals surface area (Å²) in [6.07, 6.45) is 3.34. The molecule has 3 heterocycles. The maximum atomic E-state index is 11.6. The van der Waals surface area contributed by atoms with E-state index in [1.165, 1.54) is 24.1 Å². The molecule has 5 rings (SSSR count). The highest BCUT2D eigenvalue weighted by Gasteiger charge is 2.37. The fourth-order valence-electron chi connectivity index (χ4n) is 4.27. The van der Waals surface area contributed by atoms with E-state index in [9.17, 15) is 9.90 Å². The van der Waals surface area contributed by atoms with Gasteiger partial charge in [0, 0.05) is 38.0 Å². The summed E-state index contributed by atoms with van der Waals surface area (Å²) in [5, 5.41) is 17.8. The predicted octanol–water partition coefficient (Wildman–Crippen LogP) is 2.47. The molecule has 6 nitrogen and oxygen atoms in total. The molecule has 1 atom stereocenters. The molecule has 3 aliphatic rings. The first-order valence-corrected chi connectivity index (χ1v) is 9.13. The maximum absolute atomic E-state index is 11.6. The van der Waals surface area contributed by atoms with Crippen molar-refractivity contribution < 1.29 is 9.90 Å². The largest absolute Gasteiger partial charge is 0.465 e. The van der Waals surface area contributed by atoms with Crippen molar-refractivity contribution in [1.82, 2.24) is 20.0 Å². The van der Waals surface area contributed by atoms with Gasteiger partial charge in [-0.3, -0.25) is 4.90 Å². The average molecular weight is 338 g/mol. The van der Waals surface area contributed by atoms with E-state index < -0.39 is 6.09 Å². The van der Waals surface area contributed by atoms with Gasteiger partial charge in [-0.25, -0.2) is 9.48 Å². The Labute approximate surface area is 146 Å². The summed E-state index contributed by atoms with van der Waals surface area (Å²) < 4.78 is 2.05. The van der Waals surface area contributed by atoms with Crippen molar-refractivity contribution >= 4 is 6.09 Å². The normalized spacial score (nSPS) is 22.4. The van der Waals surface area contributed by atoms with E-state index in [1.54, 1.807) is 4.90 Å². The van der Waals surface area contributed by atoms with Crippen molar-refractivity contribution in [3.63, 3.8) is 0 Å². The van der Waals surface area contributed by atoms with Crippen LogP contribution in [0.1, 0.15) is 47.3 Å². The van der Waals surface area contributed by atoms with Crippen molar-refractivity contribution in [3.05, 3.63) is 46.8 Å². The Hall–Kier alpha value is -2.34. The fraction of sp³-hybridized carbons (Fsp3) is 0.474. The molecule has 1 aromatic carbocycles. The quantitative estimate of drug-likeness (QED) is 0.882. The van der Waals surface area contributed by atoms with Crippen molar-refractivity contribution in [2.45, 2.75) is 37.6 Å². The van der Waals surface area contributed by atoms with E-state index in [4.69, 9.17) is 5.10 Å². The zero-order valence-electron chi connectivity index (χ0n) is 14.1. The van der Waals surface area contributed by atoms with Crippen LogP contribution in [0.3, 0.4) is 0 Å². The summed E-state index contributed by atoms with van der Waals surface area (Å²) in [7, 11) is 0. The van der Waals surface area contributed by atoms with Gasteiger partial charge < -0.3 is 10.4 Å². The number of carbonyl (C=O) groups is 1. The van der Waals surface area contributed by atoms with Crippen LogP contribution in [-0.4, -0.2) is 45.5 Å². The summed E-state index contributed by atoms with van der Waals surface area (Å²) in [4.78, 5) is 13.2. The maximum Gasteiger partial charge on any atom is 0.407 e. The molecule has 1 fully saturated rings. The molecule has 0 radical (unpaired) electrons. The van der Waals surface area contributed by atoms with Crippen LogP contribution in [-0.2, 0) is 12.8 Å². The number of benzene rings is 1. The Morgan fingerprint density at radius 3 is 2.72 bits per heavy atom. The van der Waals surface area contributed by atoms with E-state index in [1.807, 2.05) is 0 Å². The van der Waals surface area contributed by atoms with E-state index >= 15 is 0 Å². The first kappa shape index (κ1) is 15.0. The number of rotatable bonds is 2. The average Bonchev–Trinajstić information content (AvgIpc) is 3.42. The van der Waals surface area contributed by atoms with Crippen LogP contribution < -0.4 is 5.32 Å². The number of nitrogens with zero attached hydrogens (tertiary/aromatic N) is 3. The number of nitrogens with one attached hydrogen (secondary N) is 1. The second-order valence-corrected chi connectivity index (χ2v) is 7.28. The van der Waals surface area contributed by atoms with Crippen LogP contribution in [0.25, 0.3) is 5.69 Å². The second kappa shape index (κ2) is 5.59. The van der Waals surface area contributed by atoms with E-state index in [0.717, 1.165) is 42.2 Å². The van der Waals surface area contributed by atoms with Crippen molar-refractivity contribution in [3.8, 4) is 5.69 Å². The zero-order valence-corrected chi connectivity index (χ0v) is 14.1. The molecule has 1 aromatic heterocycles. The van der Waals surface area contributed by atoms with Crippen molar-refractivity contribution in [2.24, 2.45) is 0 Å². The molecule has 0 bridgehead atoms. The lowest BCUT2D eigenvalue weighted by molar-refractivity contribution is 0.119. The van der Waals surface area contributed by atoms with Gasteiger partial charge in [-0.2, -0.15) is 5.10 Å². The first-order chi connectivity index (χ1) is 12.2. The van der Waals surface area contributed by atoms with Gasteiger partial charge in [0.05, 0.1) is 23.1 Å². The first-order valence-electron chi connectivity index (χ1n) is 9.13. The molecule has 25 heavy (non-hydrogen) atoms. The van der Waals surface area contributed by atoms with Crippen LogP contribution in [0, 0.1) is 0 Å². The van der Waals surface area contributed by atoms with Crippen LogP contribution in [0.2, 0.25) is 0 Å². The third kappa shape index (κ3) is 2.43. The van der Waals surface area contributed by atoms with Gasteiger partial charge in [-0.1, -0.05) is 12.1 Å². The molecule has 1 aliphatic carbocycles. The van der Waals surface area contributed by atoms with Crippen LogP contribution >= 0.6 is 0 Å². The smallest absolute Gasteiger partial charge is 0.407 e. The molecule has 1 unspecified atom stereocenters. The van der Waals surface area contributed by atoms with E-state index in [2.05, 4.69) is 34.3 Å². The van der Waals surface area contributed by atoms with Crippen LogP contribution in [0.4, 0.5) is 4.79 Å². The van der Waals surface area contributed by atoms with Gasteiger partial charge >= 0.3 is 6.09 Å². The molecular weight excluding hydrogens is 316 g/mol. The minimum atomic E-state index is -0.841. The lowest BCUT2D eigenvalue weighted by Gasteiger charge is -2.33. The highest BCUT2D eigenvalue weighted by atomic mass is 16.4. The van der Waals surface area contributed by atoms with Crippen molar-refractivity contribution in [2.75, 3.05) is 19.6 Å². The van der Waals surface area contributed by atoms with Crippen molar-refractivity contribution in [1.29, 1.82) is 0 Å². The topological polar surface area (TPSA) is 70.4 Å². The molecule has 1 saturated carbocycles. The summed E-state index contributed by atoms with van der Waals surface area (Å²) in [5.74, 6) is 0.751. The molecule has 1 amide bonds. The number of hydrogen-bond acceptors (Lipinski definition) is 3. The molecule has 130 valence electrons. The molecule has 2 aliphatic heterocycles. The van der Waals surface area contributed by atoms with E-state index in [0.29, 0.717) is 13.1 Å². The number of aromatic nitrogens is 2. The lowest BCUT2D eigenvalue weighted by Crippen LogP contribution is -2.43. The molecule has 2 N–H and O–H groups in total. The Balaban J connectivity index is 1.58. The highest BCUT2D eigenvalue weighted by Crippen LogP contribution is 2.40. The third-order valence-electron chi connectivity index (χ3n) is 5.71. The standard InChI is InChI=1S/C19H22N4O2/c24-19(25)22-10-8-16-18-15(7-9-20-11-17(18)22)21-23(16)14-5-3-13(4-6-14)12-1-2-12/h3-6,12,17,20H,1-2,7-11H2,(H,24,25). The summed E-state index contributed by atoms with van der Waals surface area (Å²) in [6, 6.07) is 8.63. The Bertz CT molecular complexity index is 823. The summed E-state index contributed by atoms with van der Waals surface area (Å²) in [5.41, 5.74) is 5.86. The Kier molecular flexibility index (Phi) is 3.35. The number of hydrogen-bond donors (Lipinski definition) is 2. The number of amides is 1. The van der Waals surface area contributed by atoms with Gasteiger partial charge in [0.1, 0.15) is 0 Å². The monoisotopic (exact) mass is 338 g/mol. The van der Waals surface area contributed by atoms with Gasteiger partial charge in [-0.15, -0.1) is 0 Å². The molecule has 2 aromatic rings. The van der Waals surface area contributed by atoms with Gasteiger partial charge in [0.15, 0.2) is 0 Å². The molecule has 6 heteroatoms. The molecule has 0 spiro atoms. The summed E-state index contributed by atoms with van der Waals surface area (Å²) >= 11 is 0. The van der Waals surface area contributed by atoms with Crippen LogP contribution in [0.15, 0.2) is 24.3 Å². The second-order valence-electron chi connectivity index (χ2n) is 7.28. The molecule has 0 saturated heterocycles. The Morgan fingerprint density at radius 1 is 1.20 bits per heavy atom. The minimum Gasteiger partial charge on any atom is -0.465 e. The van der Waals surface area contributed by atoms with Crippen LogP contribution in [0.5, 0.6) is 0 Å². The van der Waals surface area contributed by atoms with E-state index in [-0.39, 0.29) is 6.04 Å². The minimum absolute atomic E-state index is 0.127. The Morgan fingerprint density at radius 2 is 2.00 bits per heavy atom. The third-order valence-corrected chi connectivity index (χ3v) is 5.71.